The number of phenolic OH excluding ortho intramolecular Hbond substituents is 1. The third-order valence-corrected chi connectivity index (χ3v) is 6.79. The van der Waals surface area contributed by atoms with E-state index >= 15 is 0 Å². The van der Waals surface area contributed by atoms with Crippen LogP contribution in [-0.4, -0.2) is 51.0 Å². The summed E-state index contributed by atoms with van der Waals surface area (Å²) < 4.78 is 35.5. The fourth-order valence-electron chi connectivity index (χ4n) is 3.59. The summed E-state index contributed by atoms with van der Waals surface area (Å²) in [6.45, 7) is 2.67. The number of hydrogen-bond donors (Lipinski definition) is 1. The molecule has 2 heterocycles. The van der Waals surface area contributed by atoms with Gasteiger partial charge in [-0.2, -0.15) is 0 Å². The maximum atomic E-state index is 12.3. The first-order valence-corrected chi connectivity index (χ1v) is 10.1. The van der Waals surface area contributed by atoms with Gasteiger partial charge in [0.05, 0.1) is 25.1 Å². The molecule has 3 rings (SSSR count). The minimum absolute atomic E-state index is 0.100. The Bertz CT molecular complexity index is 790. The summed E-state index contributed by atoms with van der Waals surface area (Å²) in [6, 6.07) is 7.05. The van der Waals surface area contributed by atoms with Crippen LogP contribution in [0.1, 0.15) is 25.3 Å². The zero-order chi connectivity index (χ0) is 18.0. The normalized spacial score (nSPS) is 25.4. The maximum Gasteiger partial charge on any atom is 0.163 e. The van der Waals surface area contributed by atoms with E-state index in [4.69, 9.17) is 9.47 Å². The molecule has 0 amide bonds. The third-order valence-electron chi connectivity index (χ3n) is 4.79. The second-order valence-corrected chi connectivity index (χ2v) is 8.91. The molecular formula is C19H24O5S. The van der Waals surface area contributed by atoms with Crippen LogP contribution in [0, 0.1) is 0 Å². The highest BCUT2D eigenvalue weighted by molar-refractivity contribution is 7.92. The van der Waals surface area contributed by atoms with Crippen molar-refractivity contribution in [1.29, 1.82) is 0 Å². The van der Waals surface area contributed by atoms with Gasteiger partial charge < -0.3 is 14.6 Å². The summed E-state index contributed by atoms with van der Waals surface area (Å²) >= 11 is 0. The summed E-state index contributed by atoms with van der Waals surface area (Å²) in [5, 5.41) is 8.85. The molecule has 2 aliphatic rings. The average molecular weight is 364 g/mol. The van der Waals surface area contributed by atoms with Gasteiger partial charge in [-0.3, -0.25) is 0 Å². The first kappa shape index (κ1) is 18.2. The number of ether oxygens (including phenoxy) is 2. The summed E-state index contributed by atoms with van der Waals surface area (Å²) in [4.78, 5) is 0. The van der Waals surface area contributed by atoms with E-state index < -0.39 is 15.1 Å². The van der Waals surface area contributed by atoms with Gasteiger partial charge in [0.25, 0.3) is 0 Å². The fraction of sp³-hybridized carbons (Fsp3) is 0.474. The van der Waals surface area contributed by atoms with E-state index in [9.17, 15) is 13.5 Å². The topological polar surface area (TPSA) is 72.8 Å². The molecule has 0 saturated carbocycles. The summed E-state index contributed by atoms with van der Waals surface area (Å²) in [6.07, 6.45) is 3.51. The molecule has 136 valence electrons. The minimum atomic E-state index is -3.14. The second kappa shape index (κ2) is 7.32. The number of benzene rings is 1. The standard InChI is InChI=1S/C19H24O5S/c1-13(9-14-4-6-16(20)7-5-14)3-8-17-19-15(10-23-2)12-25(21,22)18(19)11-24-17/h4-7,9,17-18,20H,3,8,10-12H2,1-2H3/b13-9+/t17-,18+/m1/s1. The number of methoxy groups -OCH3 is 1. The molecular weight excluding hydrogens is 340 g/mol. The lowest BCUT2D eigenvalue weighted by Gasteiger charge is -2.14. The van der Waals surface area contributed by atoms with Gasteiger partial charge in [-0.1, -0.05) is 23.8 Å². The van der Waals surface area contributed by atoms with Crippen LogP contribution in [-0.2, 0) is 19.3 Å². The summed E-state index contributed by atoms with van der Waals surface area (Å²) in [7, 11) is -1.55. The van der Waals surface area contributed by atoms with Crippen molar-refractivity contribution < 1.29 is 23.0 Å². The van der Waals surface area contributed by atoms with Crippen molar-refractivity contribution in [3.8, 4) is 5.75 Å². The van der Waals surface area contributed by atoms with E-state index in [1.165, 1.54) is 5.57 Å². The predicted molar refractivity (Wildman–Crippen MR) is 97.2 cm³/mol. The lowest BCUT2D eigenvalue weighted by Crippen LogP contribution is -2.19. The number of rotatable bonds is 6. The van der Waals surface area contributed by atoms with Crippen molar-refractivity contribution in [2.24, 2.45) is 0 Å². The van der Waals surface area contributed by atoms with Crippen LogP contribution in [0.25, 0.3) is 6.08 Å². The number of sulfone groups is 1. The number of fused-ring (bicyclic) bond motifs is 1. The van der Waals surface area contributed by atoms with Crippen LogP contribution in [0.15, 0.2) is 41.0 Å². The molecule has 1 saturated heterocycles. The molecule has 2 atom stereocenters. The Morgan fingerprint density at radius 2 is 2.08 bits per heavy atom. The predicted octanol–water partition coefficient (Wildman–Crippen LogP) is 2.71. The van der Waals surface area contributed by atoms with E-state index in [0.717, 1.165) is 29.6 Å². The van der Waals surface area contributed by atoms with Crippen molar-refractivity contribution in [2.45, 2.75) is 31.1 Å². The van der Waals surface area contributed by atoms with Crippen molar-refractivity contribution in [2.75, 3.05) is 26.1 Å². The smallest absolute Gasteiger partial charge is 0.163 e. The monoisotopic (exact) mass is 364 g/mol. The van der Waals surface area contributed by atoms with Crippen LogP contribution >= 0.6 is 0 Å². The van der Waals surface area contributed by atoms with Crippen LogP contribution in [0.5, 0.6) is 5.75 Å². The molecule has 1 N–H and O–H groups in total. The molecule has 0 aliphatic carbocycles. The molecule has 2 aliphatic heterocycles. The van der Waals surface area contributed by atoms with Crippen LogP contribution in [0.3, 0.4) is 0 Å². The maximum absolute atomic E-state index is 12.3. The molecule has 0 bridgehead atoms. The van der Waals surface area contributed by atoms with Crippen molar-refractivity contribution in [3.05, 3.63) is 46.5 Å². The van der Waals surface area contributed by atoms with E-state index in [-0.39, 0.29) is 24.2 Å². The Labute approximate surface area is 148 Å². The molecule has 25 heavy (non-hydrogen) atoms. The quantitative estimate of drug-likeness (QED) is 0.786. The lowest BCUT2D eigenvalue weighted by atomic mass is 9.97. The molecule has 0 unspecified atom stereocenters. The number of aromatic hydroxyl groups is 1. The highest BCUT2D eigenvalue weighted by Crippen LogP contribution is 2.38. The Hall–Kier alpha value is -1.63. The first-order valence-electron chi connectivity index (χ1n) is 8.41. The van der Waals surface area contributed by atoms with Crippen LogP contribution in [0.4, 0.5) is 0 Å². The summed E-state index contributed by atoms with van der Waals surface area (Å²) in [5.74, 6) is 0.350. The first-order chi connectivity index (χ1) is 11.9. The number of phenols is 1. The van der Waals surface area contributed by atoms with Gasteiger partial charge in [0.1, 0.15) is 11.0 Å². The third kappa shape index (κ3) is 3.97. The highest BCUT2D eigenvalue weighted by Gasteiger charge is 2.46. The van der Waals surface area contributed by atoms with Gasteiger partial charge >= 0.3 is 0 Å². The largest absolute Gasteiger partial charge is 0.508 e. The zero-order valence-electron chi connectivity index (χ0n) is 14.6. The molecule has 1 aromatic carbocycles. The molecule has 0 spiro atoms. The minimum Gasteiger partial charge on any atom is -0.508 e. The second-order valence-electron chi connectivity index (χ2n) is 6.73. The number of hydrogen-bond acceptors (Lipinski definition) is 5. The zero-order valence-corrected chi connectivity index (χ0v) is 15.4. The van der Waals surface area contributed by atoms with Gasteiger partial charge in [0.2, 0.25) is 0 Å². The van der Waals surface area contributed by atoms with Crippen LogP contribution in [0.2, 0.25) is 0 Å². The van der Waals surface area contributed by atoms with Gasteiger partial charge in [-0.05, 0) is 48.6 Å². The van der Waals surface area contributed by atoms with E-state index in [2.05, 4.69) is 13.0 Å². The Balaban J connectivity index is 1.69. The van der Waals surface area contributed by atoms with Gasteiger partial charge in [0, 0.05) is 7.11 Å². The lowest BCUT2D eigenvalue weighted by molar-refractivity contribution is 0.117. The Morgan fingerprint density at radius 1 is 1.36 bits per heavy atom. The molecule has 0 aromatic heterocycles. The van der Waals surface area contributed by atoms with E-state index in [0.29, 0.717) is 6.61 Å². The highest BCUT2D eigenvalue weighted by atomic mass is 32.2. The Morgan fingerprint density at radius 3 is 2.76 bits per heavy atom. The molecule has 5 nitrogen and oxygen atoms in total. The molecule has 6 heteroatoms. The van der Waals surface area contributed by atoms with Crippen molar-refractivity contribution >= 4 is 15.9 Å². The molecule has 1 aromatic rings. The van der Waals surface area contributed by atoms with Crippen molar-refractivity contribution in [3.63, 3.8) is 0 Å². The Kier molecular flexibility index (Phi) is 5.32. The van der Waals surface area contributed by atoms with Gasteiger partial charge in [-0.25, -0.2) is 8.42 Å². The summed E-state index contributed by atoms with van der Waals surface area (Å²) in [5.41, 5.74) is 4.02. The van der Waals surface area contributed by atoms with Crippen molar-refractivity contribution in [1.82, 2.24) is 0 Å². The SMILES string of the molecule is COCC1=C2[C@@H](CC/C(C)=C/c3ccc(O)cc3)OC[C@@H]2S(=O)(=O)C1. The van der Waals surface area contributed by atoms with Gasteiger partial charge in [0.15, 0.2) is 9.84 Å². The van der Waals surface area contributed by atoms with Gasteiger partial charge in [-0.15, -0.1) is 0 Å². The molecule has 1 fully saturated rings. The van der Waals surface area contributed by atoms with E-state index in [1.807, 2.05) is 12.1 Å². The van der Waals surface area contributed by atoms with Crippen LogP contribution < -0.4 is 0 Å². The number of allylic oxidation sites excluding steroid dienone is 1. The average Bonchev–Trinajstić information content (AvgIpc) is 3.09. The molecule has 0 radical (unpaired) electrons. The van der Waals surface area contributed by atoms with E-state index in [1.54, 1.807) is 19.2 Å². The fourth-order valence-corrected chi connectivity index (χ4v) is 5.52.